The predicted octanol–water partition coefficient (Wildman–Crippen LogP) is 5.22. The highest BCUT2D eigenvalue weighted by molar-refractivity contribution is 14.1. The summed E-state index contributed by atoms with van der Waals surface area (Å²) in [5, 5.41) is 3.50. The maximum absolute atomic E-state index is 12.4. The Bertz CT molecular complexity index is 847. The van der Waals surface area contributed by atoms with Gasteiger partial charge in [0, 0.05) is 8.04 Å². The largest absolute Gasteiger partial charge is 0.298 e. The Kier molecular flexibility index (Phi) is 4.28. The zero-order valence-corrected chi connectivity index (χ0v) is 15.5. The van der Waals surface area contributed by atoms with Gasteiger partial charge in [-0.3, -0.25) is 10.1 Å². The number of fused-ring (bicyclic) bond motifs is 1. The molecule has 2 aromatic carbocycles. The molecule has 0 aliphatic heterocycles. The van der Waals surface area contributed by atoms with Crippen molar-refractivity contribution in [1.29, 1.82) is 0 Å². The Morgan fingerprint density at radius 3 is 2.90 bits per heavy atom. The summed E-state index contributed by atoms with van der Waals surface area (Å²) in [6.45, 7) is 2.04. The standard InChI is InChI=1S/C15H10BrIN2OS/c1-8-2-5-12-13(6-8)21-15(18-12)19-14(20)10-7-9(16)3-4-11(10)17/h2-7H,1H3,(H,18,19,20). The van der Waals surface area contributed by atoms with Gasteiger partial charge >= 0.3 is 0 Å². The minimum absolute atomic E-state index is 0.142. The van der Waals surface area contributed by atoms with E-state index in [0.717, 1.165) is 18.3 Å². The average molecular weight is 473 g/mol. The first kappa shape index (κ1) is 14.9. The van der Waals surface area contributed by atoms with Crippen molar-refractivity contribution < 1.29 is 4.79 Å². The van der Waals surface area contributed by atoms with Crippen LogP contribution < -0.4 is 5.32 Å². The number of carbonyl (C=O) groups excluding carboxylic acids is 1. The molecule has 3 rings (SSSR count). The van der Waals surface area contributed by atoms with Crippen LogP contribution >= 0.6 is 49.9 Å². The average Bonchev–Trinajstić information content (AvgIpc) is 2.82. The molecule has 0 fully saturated rings. The number of aryl methyl sites for hydroxylation is 1. The molecule has 0 saturated heterocycles. The van der Waals surface area contributed by atoms with Gasteiger partial charge < -0.3 is 0 Å². The first-order valence-corrected chi connectivity index (χ1v) is 8.85. The van der Waals surface area contributed by atoms with Crippen LogP contribution in [0.4, 0.5) is 5.13 Å². The van der Waals surface area contributed by atoms with Crippen LogP contribution in [0.2, 0.25) is 0 Å². The van der Waals surface area contributed by atoms with E-state index in [4.69, 9.17) is 0 Å². The van der Waals surface area contributed by atoms with Crippen molar-refractivity contribution in [2.24, 2.45) is 0 Å². The number of carbonyl (C=O) groups is 1. The molecule has 6 heteroatoms. The van der Waals surface area contributed by atoms with Gasteiger partial charge in [0.25, 0.3) is 5.91 Å². The molecule has 3 nitrogen and oxygen atoms in total. The number of hydrogen-bond acceptors (Lipinski definition) is 3. The highest BCUT2D eigenvalue weighted by atomic mass is 127. The smallest absolute Gasteiger partial charge is 0.258 e. The number of hydrogen-bond donors (Lipinski definition) is 1. The van der Waals surface area contributed by atoms with E-state index in [1.807, 2.05) is 37.3 Å². The van der Waals surface area contributed by atoms with Crippen LogP contribution in [0.3, 0.4) is 0 Å². The zero-order valence-electron chi connectivity index (χ0n) is 11.0. The van der Waals surface area contributed by atoms with E-state index in [-0.39, 0.29) is 5.91 Å². The number of anilines is 1. The molecule has 0 atom stereocenters. The molecular weight excluding hydrogens is 463 g/mol. The van der Waals surface area contributed by atoms with Crippen LogP contribution in [0.5, 0.6) is 0 Å². The molecule has 21 heavy (non-hydrogen) atoms. The van der Waals surface area contributed by atoms with Gasteiger partial charge in [-0.1, -0.05) is 33.3 Å². The Labute approximate surface area is 148 Å². The third-order valence-corrected chi connectivity index (χ3v) is 5.30. The SMILES string of the molecule is Cc1ccc2nc(NC(=O)c3cc(Br)ccc3I)sc2c1. The summed E-state index contributed by atoms with van der Waals surface area (Å²) in [6.07, 6.45) is 0. The maximum atomic E-state index is 12.4. The van der Waals surface area contributed by atoms with Crippen molar-refractivity contribution in [2.75, 3.05) is 5.32 Å². The van der Waals surface area contributed by atoms with Crippen LogP contribution in [-0.4, -0.2) is 10.9 Å². The fraction of sp³-hybridized carbons (Fsp3) is 0.0667. The van der Waals surface area contributed by atoms with Gasteiger partial charge in [0.05, 0.1) is 15.8 Å². The topological polar surface area (TPSA) is 42.0 Å². The summed E-state index contributed by atoms with van der Waals surface area (Å²) in [4.78, 5) is 16.8. The highest BCUT2D eigenvalue weighted by Gasteiger charge is 2.13. The van der Waals surface area contributed by atoms with Gasteiger partial charge in [-0.25, -0.2) is 4.98 Å². The van der Waals surface area contributed by atoms with Crippen molar-refractivity contribution in [3.63, 3.8) is 0 Å². The lowest BCUT2D eigenvalue weighted by atomic mass is 10.2. The lowest BCUT2D eigenvalue weighted by Gasteiger charge is -2.04. The third kappa shape index (κ3) is 3.27. The normalized spacial score (nSPS) is 10.8. The van der Waals surface area contributed by atoms with Crippen molar-refractivity contribution in [1.82, 2.24) is 4.98 Å². The molecule has 1 heterocycles. The molecule has 1 aromatic heterocycles. The van der Waals surface area contributed by atoms with Crippen LogP contribution in [0.15, 0.2) is 40.9 Å². The van der Waals surface area contributed by atoms with Gasteiger partial charge in [0.1, 0.15) is 0 Å². The van der Waals surface area contributed by atoms with E-state index in [0.29, 0.717) is 10.7 Å². The third-order valence-electron chi connectivity index (χ3n) is 2.94. The van der Waals surface area contributed by atoms with Crippen LogP contribution in [0.1, 0.15) is 15.9 Å². The molecule has 0 aliphatic carbocycles. The van der Waals surface area contributed by atoms with Crippen molar-refractivity contribution in [3.8, 4) is 0 Å². The van der Waals surface area contributed by atoms with Crippen LogP contribution in [0, 0.1) is 10.5 Å². The number of benzene rings is 2. The summed E-state index contributed by atoms with van der Waals surface area (Å²) in [5.41, 5.74) is 2.73. The predicted molar refractivity (Wildman–Crippen MR) is 99.2 cm³/mol. The molecule has 0 saturated carbocycles. The fourth-order valence-electron chi connectivity index (χ4n) is 1.92. The van der Waals surface area contributed by atoms with Crippen molar-refractivity contribution >= 4 is 71.1 Å². The molecule has 0 aliphatic rings. The van der Waals surface area contributed by atoms with Crippen LogP contribution in [-0.2, 0) is 0 Å². The lowest BCUT2D eigenvalue weighted by Crippen LogP contribution is -2.13. The molecule has 0 radical (unpaired) electrons. The molecular formula is C15H10BrIN2OS. The molecule has 0 unspecified atom stereocenters. The number of rotatable bonds is 2. The van der Waals surface area contributed by atoms with Gasteiger partial charge in [-0.05, 0) is 65.4 Å². The monoisotopic (exact) mass is 472 g/mol. The first-order valence-electron chi connectivity index (χ1n) is 6.16. The summed E-state index contributed by atoms with van der Waals surface area (Å²) < 4.78 is 2.87. The minimum Gasteiger partial charge on any atom is -0.298 e. The number of aromatic nitrogens is 1. The number of nitrogens with zero attached hydrogens (tertiary/aromatic N) is 1. The first-order chi connectivity index (χ1) is 10.0. The van der Waals surface area contributed by atoms with Gasteiger partial charge in [-0.15, -0.1) is 0 Å². The van der Waals surface area contributed by atoms with E-state index >= 15 is 0 Å². The van der Waals surface area contributed by atoms with E-state index < -0.39 is 0 Å². The zero-order chi connectivity index (χ0) is 15.0. The second kappa shape index (κ2) is 6.02. The summed E-state index contributed by atoms with van der Waals surface area (Å²) in [6, 6.07) is 11.7. The second-order valence-electron chi connectivity index (χ2n) is 4.57. The van der Waals surface area contributed by atoms with E-state index in [9.17, 15) is 4.79 Å². The second-order valence-corrected chi connectivity index (χ2v) is 7.68. The molecule has 0 spiro atoms. The Hall–Kier alpha value is -0.990. The summed E-state index contributed by atoms with van der Waals surface area (Å²) in [7, 11) is 0. The molecule has 1 N–H and O–H groups in total. The Morgan fingerprint density at radius 1 is 1.29 bits per heavy atom. The van der Waals surface area contributed by atoms with E-state index in [2.05, 4.69) is 54.9 Å². The fourth-order valence-corrected chi connectivity index (χ4v) is 3.82. The van der Waals surface area contributed by atoms with Crippen LogP contribution in [0.25, 0.3) is 10.2 Å². The van der Waals surface area contributed by atoms with Gasteiger partial charge in [0.15, 0.2) is 5.13 Å². The summed E-state index contributed by atoms with van der Waals surface area (Å²) in [5.74, 6) is -0.142. The number of halogens is 2. The number of amides is 1. The molecule has 0 bridgehead atoms. The number of nitrogens with one attached hydrogen (secondary N) is 1. The van der Waals surface area contributed by atoms with Crippen molar-refractivity contribution in [3.05, 3.63) is 55.6 Å². The van der Waals surface area contributed by atoms with Crippen molar-refractivity contribution in [2.45, 2.75) is 6.92 Å². The Balaban J connectivity index is 1.90. The summed E-state index contributed by atoms with van der Waals surface area (Å²) >= 11 is 7.03. The quantitative estimate of drug-likeness (QED) is 0.519. The molecule has 3 aromatic rings. The highest BCUT2D eigenvalue weighted by Crippen LogP contribution is 2.27. The van der Waals surface area contributed by atoms with E-state index in [1.54, 1.807) is 0 Å². The minimum atomic E-state index is -0.142. The molecule has 106 valence electrons. The lowest BCUT2D eigenvalue weighted by molar-refractivity contribution is 0.102. The molecule has 1 amide bonds. The number of thiazole rings is 1. The maximum Gasteiger partial charge on any atom is 0.258 e. The Morgan fingerprint density at radius 2 is 2.10 bits per heavy atom. The van der Waals surface area contributed by atoms with Gasteiger partial charge in [0.2, 0.25) is 0 Å². The van der Waals surface area contributed by atoms with E-state index in [1.165, 1.54) is 16.9 Å². The van der Waals surface area contributed by atoms with Gasteiger partial charge in [-0.2, -0.15) is 0 Å².